The number of hydrogen-bond acceptors (Lipinski definition) is 4. The molecule has 1 atom stereocenters. The number of nitrogens with one attached hydrogen (secondary N) is 1. The second-order valence-electron chi connectivity index (χ2n) is 8.98. The number of methoxy groups -OCH3 is 1. The van der Waals surface area contributed by atoms with Crippen molar-refractivity contribution in [3.63, 3.8) is 0 Å². The summed E-state index contributed by atoms with van der Waals surface area (Å²) < 4.78 is 18.3. The normalized spacial score (nSPS) is 18.2. The van der Waals surface area contributed by atoms with Crippen LogP contribution in [-0.4, -0.2) is 26.3 Å². The molecular weight excluding hydrogens is 370 g/mol. The number of aromatic amines is 1. The van der Waals surface area contributed by atoms with E-state index in [1.165, 1.54) is 11.1 Å². The third-order valence-electron chi connectivity index (χ3n) is 5.90. The minimum atomic E-state index is -1.31. The summed E-state index contributed by atoms with van der Waals surface area (Å²) in [6.07, 6.45) is 2.80. The molecule has 1 aliphatic rings. The van der Waals surface area contributed by atoms with Gasteiger partial charge < -0.3 is 9.72 Å². The Morgan fingerprint density at radius 2 is 1.86 bits per heavy atom. The SMILES string of the molecule is COc1ccnc(CS(=O)c2nc3cc4c(cc3[nH]2)C(C)(C)CC4(C)C)c1C. The van der Waals surface area contributed by atoms with E-state index in [9.17, 15) is 4.21 Å². The van der Waals surface area contributed by atoms with E-state index in [0.29, 0.717) is 10.9 Å². The summed E-state index contributed by atoms with van der Waals surface area (Å²) in [5.41, 5.74) is 6.45. The highest BCUT2D eigenvalue weighted by Gasteiger charge is 2.42. The molecule has 0 saturated carbocycles. The number of rotatable bonds is 4. The van der Waals surface area contributed by atoms with E-state index in [1.807, 2.05) is 13.0 Å². The maximum atomic E-state index is 13.0. The summed E-state index contributed by atoms with van der Waals surface area (Å²) in [4.78, 5) is 12.3. The van der Waals surface area contributed by atoms with Crippen molar-refractivity contribution in [3.8, 4) is 5.75 Å². The molecular formula is C22H27N3O2S. The number of nitrogens with zero attached hydrogens (tertiary/aromatic N) is 2. The van der Waals surface area contributed by atoms with Gasteiger partial charge in [0.2, 0.25) is 0 Å². The van der Waals surface area contributed by atoms with Gasteiger partial charge in [-0.15, -0.1) is 0 Å². The molecule has 1 aromatic carbocycles. The average Bonchev–Trinajstić information content (AvgIpc) is 3.11. The number of fused-ring (bicyclic) bond motifs is 2. The summed E-state index contributed by atoms with van der Waals surface area (Å²) in [5.74, 6) is 1.06. The first-order valence-corrected chi connectivity index (χ1v) is 10.9. The molecule has 148 valence electrons. The molecule has 0 bridgehead atoms. The van der Waals surface area contributed by atoms with E-state index in [1.54, 1.807) is 13.3 Å². The summed E-state index contributed by atoms with van der Waals surface area (Å²) in [7, 11) is 0.322. The lowest BCUT2D eigenvalue weighted by atomic mass is 9.82. The van der Waals surface area contributed by atoms with E-state index in [-0.39, 0.29) is 10.8 Å². The highest BCUT2D eigenvalue weighted by Crippen LogP contribution is 2.50. The maximum absolute atomic E-state index is 13.0. The third kappa shape index (κ3) is 3.04. The molecule has 0 aliphatic heterocycles. The molecule has 1 N–H and O–H groups in total. The summed E-state index contributed by atoms with van der Waals surface area (Å²) >= 11 is 0. The third-order valence-corrected chi connectivity index (χ3v) is 7.06. The lowest BCUT2D eigenvalue weighted by Gasteiger charge is -2.22. The largest absolute Gasteiger partial charge is 0.496 e. The second kappa shape index (κ2) is 6.41. The van der Waals surface area contributed by atoms with Crippen LogP contribution >= 0.6 is 0 Å². The number of imidazole rings is 1. The van der Waals surface area contributed by atoms with Gasteiger partial charge in [-0.3, -0.25) is 9.19 Å². The van der Waals surface area contributed by atoms with Crippen molar-refractivity contribution in [2.75, 3.05) is 7.11 Å². The molecule has 2 aromatic heterocycles. The zero-order valence-corrected chi connectivity index (χ0v) is 18.2. The van der Waals surface area contributed by atoms with Crippen LogP contribution in [0.1, 0.15) is 56.5 Å². The van der Waals surface area contributed by atoms with Gasteiger partial charge in [0.15, 0.2) is 5.16 Å². The van der Waals surface area contributed by atoms with Crippen molar-refractivity contribution in [3.05, 3.63) is 46.8 Å². The zero-order valence-electron chi connectivity index (χ0n) is 17.3. The predicted octanol–water partition coefficient (Wildman–Crippen LogP) is 4.54. The standard InChI is InChI=1S/C22H27N3O2S/c1-13-18(23-8-7-19(13)27-6)11-28(26)20-24-16-9-14-15(10-17(16)25-20)22(4,5)12-21(14,2)3/h7-10H,11-12H2,1-6H3,(H,24,25). The lowest BCUT2D eigenvalue weighted by Crippen LogP contribution is -2.17. The number of H-pyrrole nitrogens is 1. The van der Waals surface area contributed by atoms with Gasteiger partial charge in [-0.25, -0.2) is 4.98 Å². The zero-order chi connectivity index (χ0) is 20.3. The summed E-state index contributed by atoms with van der Waals surface area (Å²) in [6, 6.07) is 6.18. The maximum Gasteiger partial charge on any atom is 0.197 e. The van der Waals surface area contributed by atoms with E-state index >= 15 is 0 Å². The molecule has 0 saturated heterocycles. The van der Waals surface area contributed by atoms with Gasteiger partial charge in [0.05, 0.1) is 40.4 Å². The molecule has 1 aliphatic carbocycles. The Labute approximate surface area is 168 Å². The monoisotopic (exact) mass is 397 g/mol. The van der Waals surface area contributed by atoms with Gasteiger partial charge in [-0.05, 0) is 53.5 Å². The molecule has 4 rings (SSSR count). The Bertz CT molecular complexity index is 1050. The molecule has 0 amide bonds. The van der Waals surface area contributed by atoms with Crippen molar-refractivity contribution >= 4 is 21.8 Å². The van der Waals surface area contributed by atoms with Crippen LogP contribution in [0, 0.1) is 6.92 Å². The van der Waals surface area contributed by atoms with Crippen LogP contribution in [0.4, 0.5) is 0 Å². The van der Waals surface area contributed by atoms with Crippen LogP contribution in [0.2, 0.25) is 0 Å². The fraction of sp³-hybridized carbons (Fsp3) is 0.455. The second-order valence-corrected chi connectivity index (χ2v) is 10.3. The van der Waals surface area contributed by atoms with Crippen LogP contribution in [0.5, 0.6) is 5.75 Å². The smallest absolute Gasteiger partial charge is 0.197 e. The van der Waals surface area contributed by atoms with Crippen LogP contribution in [0.3, 0.4) is 0 Å². The Hall–Kier alpha value is -2.21. The topological polar surface area (TPSA) is 67.9 Å². The van der Waals surface area contributed by atoms with Crippen molar-refractivity contribution in [1.29, 1.82) is 0 Å². The number of benzene rings is 1. The number of pyridine rings is 1. The Morgan fingerprint density at radius 1 is 1.18 bits per heavy atom. The fourth-order valence-corrected chi connectivity index (χ4v) is 5.77. The first-order valence-electron chi connectivity index (χ1n) is 9.54. The highest BCUT2D eigenvalue weighted by molar-refractivity contribution is 7.84. The van der Waals surface area contributed by atoms with Gasteiger partial charge >= 0.3 is 0 Å². The van der Waals surface area contributed by atoms with Gasteiger partial charge in [-0.2, -0.15) is 0 Å². The summed E-state index contributed by atoms with van der Waals surface area (Å²) in [5, 5.41) is 0.498. The molecule has 28 heavy (non-hydrogen) atoms. The molecule has 0 spiro atoms. The van der Waals surface area contributed by atoms with E-state index in [2.05, 4.69) is 54.8 Å². The Kier molecular flexibility index (Phi) is 4.38. The molecule has 0 radical (unpaired) electrons. The first-order chi connectivity index (χ1) is 13.1. The number of ether oxygens (including phenoxy) is 1. The van der Waals surface area contributed by atoms with Crippen molar-refractivity contribution in [1.82, 2.24) is 15.0 Å². The highest BCUT2D eigenvalue weighted by atomic mass is 32.2. The molecule has 0 fully saturated rings. The predicted molar refractivity (Wildman–Crippen MR) is 112 cm³/mol. The van der Waals surface area contributed by atoms with Crippen LogP contribution < -0.4 is 4.74 Å². The van der Waals surface area contributed by atoms with Crippen LogP contribution in [0.15, 0.2) is 29.6 Å². The molecule has 3 aromatic rings. The Morgan fingerprint density at radius 3 is 2.54 bits per heavy atom. The molecule has 1 unspecified atom stereocenters. The van der Waals surface area contributed by atoms with Gasteiger partial charge in [0, 0.05) is 11.8 Å². The number of hydrogen-bond donors (Lipinski definition) is 1. The fourth-order valence-electron chi connectivity index (χ4n) is 4.67. The van der Waals surface area contributed by atoms with Crippen molar-refractivity contribution in [2.24, 2.45) is 0 Å². The molecule has 6 heteroatoms. The number of aromatic nitrogens is 3. The quantitative estimate of drug-likeness (QED) is 0.702. The average molecular weight is 398 g/mol. The van der Waals surface area contributed by atoms with E-state index in [4.69, 9.17) is 4.74 Å². The minimum Gasteiger partial charge on any atom is -0.496 e. The lowest BCUT2D eigenvalue weighted by molar-refractivity contribution is 0.403. The van der Waals surface area contributed by atoms with Crippen molar-refractivity contribution in [2.45, 2.75) is 62.8 Å². The van der Waals surface area contributed by atoms with Crippen LogP contribution in [0.25, 0.3) is 11.0 Å². The first kappa shape index (κ1) is 19.1. The van der Waals surface area contributed by atoms with E-state index < -0.39 is 10.8 Å². The van der Waals surface area contributed by atoms with Gasteiger partial charge in [0.25, 0.3) is 0 Å². The Balaban J connectivity index is 1.70. The van der Waals surface area contributed by atoms with E-state index in [0.717, 1.165) is 34.5 Å². The minimum absolute atomic E-state index is 0.118. The van der Waals surface area contributed by atoms with Gasteiger partial charge in [-0.1, -0.05) is 27.7 Å². The molecule has 2 heterocycles. The van der Waals surface area contributed by atoms with Crippen molar-refractivity contribution < 1.29 is 8.95 Å². The van der Waals surface area contributed by atoms with Crippen LogP contribution in [-0.2, 0) is 27.4 Å². The van der Waals surface area contributed by atoms with Gasteiger partial charge in [0.1, 0.15) is 5.75 Å². The summed E-state index contributed by atoms with van der Waals surface area (Å²) in [6.45, 7) is 11.1. The molecule has 5 nitrogen and oxygen atoms in total.